The van der Waals surface area contributed by atoms with Gasteiger partial charge in [0.2, 0.25) is 12.3 Å². The number of aliphatic carboxylic acids is 1. The van der Waals surface area contributed by atoms with Gasteiger partial charge in [0.1, 0.15) is 12.6 Å². The third-order valence-corrected chi connectivity index (χ3v) is 7.50. The Labute approximate surface area is 201 Å². The molecule has 2 N–H and O–H groups in total. The lowest BCUT2D eigenvalue weighted by Crippen LogP contribution is -2.49. The first-order valence-corrected chi connectivity index (χ1v) is 11.7. The average Bonchev–Trinajstić information content (AvgIpc) is 3.38. The van der Waals surface area contributed by atoms with Gasteiger partial charge in [0.25, 0.3) is 0 Å². The molecule has 2 unspecified atom stereocenters. The summed E-state index contributed by atoms with van der Waals surface area (Å²) in [6.07, 6.45) is -3.28. The topological polar surface area (TPSA) is 95.9 Å². The number of hydrogen-bond donors (Lipinski definition) is 2. The number of nitrogens with one attached hydrogen (secondary N) is 1. The Balaban J connectivity index is 1.25. The molecule has 0 aromatic heterocycles. The highest BCUT2D eigenvalue weighted by Gasteiger charge is 2.59. The zero-order chi connectivity index (χ0) is 24.7. The van der Waals surface area contributed by atoms with Crippen molar-refractivity contribution in [3.8, 4) is 11.1 Å². The number of carbonyl (C=O) groups is 3. The largest absolute Gasteiger partial charge is 0.481 e. The predicted octanol–water partition coefficient (Wildman–Crippen LogP) is 3.87. The standard InChI is InChI=1S/C26H26F2N2O5/c27-22(28)11-21(23(31)30-12-20(24(32)33)26(14-30)9-10-26)29-25(34)35-13-19-17-7-3-1-5-15(17)16-6-2-4-8-18(16)19/h1-8,19-22H,9-14H2,(H,29,34)(H,32,33). The summed E-state index contributed by atoms with van der Waals surface area (Å²) < 4.78 is 31.9. The number of carbonyl (C=O) groups excluding carboxylic acids is 2. The second-order valence-electron chi connectivity index (χ2n) is 9.62. The third-order valence-electron chi connectivity index (χ3n) is 7.50. The Morgan fingerprint density at radius 3 is 2.17 bits per heavy atom. The minimum atomic E-state index is -2.83. The minimum absolute atomic E-state index is 0.0106. The van der Waals surface area contributed by atoms with Crippen LogP contribution < -0.4 is 5.32 Å². The molecule has 1 aliphatic heterocycles. The molecule has 2 fully saturated rings. The first-order valence-electron chi connectivity index (χ1n) is 11.7. The molecule has 1 heterocycles. The zero-order valence-corrected chi connectivity index (χ0v) is 19.0. The zero-order valence-electron chi connectivity index (χ0n) is 19.0. The van der Waals surface area contributed by atoms with Crippen molar-refractivity contribution in [1.82, 2.24) is 10.2 Å². The maximum atomic E-state index is 13.3. The van der Waals surface area contributed by atoms with E-state index < -0.39 is 48.2 Å². The summed E-state index contributed by atoms with van der Waals surface area (Å²) in [5.41, 5.74) is 3.65. The van der Waals surface area contributed by atoms with Crippen molar-refractivity contribution in [2.75, 3.05) is 19.7 Å². The summed E-state index contributed by atoms with van der Waals surface area (Å²) in [7, 11) is 0. The number of carboxylic acids is 1. The van der Waals surface area contributed by atoms with Crippen LogP contribution in [0.5, 0.6) is 0 Å². The fourth-order valence-electron chi connectivity index (χ4n) is 5.55. The number of amides is 2. The second-order valence-corrected chi connectivity index (χ2v) is 9.62. The number of alkyl carbamates (subject to hydrolysis) is 1. The first kappa shape index (κ1) is 23.3. The van der Waals surface area contributed by atoms with Crippen molar-refractivity contribution in [3.05, 3.63) is 59.7 Å². The van der Waals surface area contributed by atoms with E-state index in [4.69, 9.17) is 4.74 Å². The van der Waals surface area contributed by atoms with Crippen molar-refractivity contribution in [3.63, 3.8) is 0 Å². The number of alkyl halides is 2. The summed E-state index contributed by atoms with van der Waals surface area (Å²) in [4.78, 5) is 38.5. The molecular weight excluding hydrogens is 458 g/mol. The second kappa shape index (κ2) is 8.94. The van der Waals surface area contributed by atoms with E-state index in [2.05, 4.69) is 5.32 Å². The molecular formula is C26H26F2N2O5. The maximum Gasteiger partial charge on any atom is 0.407 e. The fourth-order valence-corrected chi connectivity index (χ4v) is 5.55. The van der Waals surface area contributed by atoms with Crippen LogP contribution in [0.2, 0.25) is 0 Å². The smallest absolute Gasteiger partial charge is 0.407 e. The van der Waals surface area contributed by atoms with E-state index in [0.717, 1.165) is 22.3 Å². The van der Waals surface area contributed by atoms with Crippen molar-refractivity contribution >= 4 is 18.0 Å². The number of hydrogen-bond acceptors (Lipinski definition) is 4. The Kier molecular flexibility index (Phi) is 5.94. The SMILES string of the molecule is O=C(NC(CC(F)F)C(=O)N1CC(C(=O)O)C2(CC2)C1)OCC1c2ccccc2-c2ccccc21. The van der Waals surface area contributed by atoms with Crippen LogP contribution in [0.4, 0.5) is 13.6 Å². The number of fused-ring (bicyclic) bond motifs is 3. The molecule has 1 saturated heterocycles. The molecule has 3 aliphatic rings. The number of nitrogens with zero attached hydrogens (tertiary/aromatic N) is 1. The molecule has 2 aromatic rings. The molecule has 1 saturated carbocycles. The van der Waals surface area contributed by atoms with Gasteiger partial charge in [-0.05, 0) is 35.1 Å². The van der Waals surface area contributed by atoms with Crippen LogP contribution in [-0.2, 0) is 14.3 Å². The van der Waals surface area contributed by atoms with E-state index in [1.165, 1.54) is 4.90 Å². The van der Waals surface area contributed by atoms with E-state index in [-0.39, 0.29) is 25.6 Å². The lowest BCUT2D eigenvalue weighted by Gasteiger charge is -2.24. The molecule has 0 radical (unpaired) electrons. The summed E-state index contributed by atoms with van der Waals surface area (Å²) in [5, 5.41) is 11.8. The van der Waals surface area contributed by atoms with Crippen molar-refractivity contribution in [1.29, 1.82) is 0 Å². The number of benzene rings is 2. The van der Waals surface area contributed by atoms with Gasteiger partial charge in [0, 0.05) is 30.8 Å². The first-order chi connectivity index (χ1) is 16.8. The van der Waals surface area contributed by atoms with E-state index >= 15 is 0 Å². The van der Waals surface area contributed by atoms with E-state index in [1.54, 1.807) is 0 Å². The number of likely N-dealkylation sites (tertiary alicyclic amines) is 1. The van der Waals surface area contributed by atoms with Crippen LogP contribution in [0.1, 0.15) is 36.3 Å². The van der Waals surface area contributed by atoms with Gasteiger partial charge < -0.3 is 20.1 Å². The fraction of sp³-hybridized carbons (Fsp3) is 0.423. The van der Waals surface area contributed by atoms with Gasteiger partial charge in [-0.1, -0.05) is 48.5 Å². The lowest BCUT2D eigenvalue weighted by molar-refractivity contribution is -0.143. The number of rotatable bonds is 7. The molecule has 0 bridgehead atoms. The summed E-state index contributed by atoms with van der Waals surface area (Å²) >= 11 is 0. The number of ether oxygens (including phenoxy) is 1. The maximum absolute atomic E-state index is 13.3. The molecule has 2 aromatic carbocycles. The number of carboxylic acid groups (broad SMARTS) is 1. The molecule has 2 amide bonds. The highest BCUT2D eigenvalue weighted by Crippen LogP contribution is 2.56. The van der Waals surface area contributed by atoms with Gasteiger partial charge in [0.15, 0.2) is 0 Å². The molecule has 7 nitrogen and oxygen atoms in total. The Morgan fingerprint density at radius 1 is 1.06 bits per heavy atom. The molecule has 35 heavy (non-hydrogen) atoms. The molecule has 5 rings (SSSR count). The summed E-state index contributed by atoms with van der Waals surface area (Å²) in [6.45, 7) is 0.151. The van der Waals surface area contributed by atoms with Crippen LogP contribution in [0, 0.1) is 11.3 Å². The Hall–Kier alpha value is -3.49. The summed E-state index contributed by atoms with van der Waals surface area (Å²) in [5.74, 6) is -2.61. The van der Waals surface area contributed by atoms with Crippen LogP contribution in [0.25, 0.3) is 11.1 Å². The van der Waals surface area contributed by atoms with E-state index in [1.807, 2.05) is 48.5 Å². The van der Waals surface area contributed by atoms with Crippen molar-refractivity contribution < 1.29 is 33.0 Å². The third kappa shape index (κ3) is 4.35. The lowest BCUT2D eigenvalue weighted by atomic mass is 9.93. The van der Waals surface area contributed by atoms with Crippen LogP contribution in [-0.4, -0.2) is 60.1 Å². The normalized spacial score (nSPS) is 20.4. The molecule has 1 spiro atoms. The van der Waals surface area contributed by atoms with Crippen LogP contribution in [0.3, 0.4) is 0 Å². The van der Waals surface area contributed by atoms with Gasteiger partial charge >= 0.3 is 12.1 Å². The Bertz CT molecular complexity index is 1120. The highest BCUT2D eigenvalue weighted by atomic mass is 19.3. The highest BCUT2D eigenvalue weighted by molar-refractivity contribution is 5.87. The van der Waals surface area contributed by atoms with E-state index in [0.29, 0.717) is 12.8 Å². The monoisotopic (exact) mass is 484 g/mol. The van der Waals surface area contributed by atoms with Gasteiger partial charge in [0.05, 0.1) is 5.92 Å². The Morgan fingerprint density at radius 2 is 1.66 bits per heavy atom. The van der Waals surface area contributed by atoms with Gasteiger partial charge in [-0.2, -0.15) is 0 Å². The van der Waals surface area contributed by atoms with E-state index in [9.17, 15) is 28.3 Å². The van der Waals surface area contributed by atoms with Crippen molar-refractivity contribution in [2.45, 2.75) is 37.6 Å². The average molecular weight is 484 g/mol. The molecule has 2 aliphatic carbocycles. The minimum Gasteiger partial charge on any atom is -0.481 e. The summed E-state index contributed by atoms with van der Waals surface area (Å²) in [6, 6.07) is 14.1. The van der Waals surface area contributed by atoms with Gasteiger partial charge in [-0.15, -0.1) is 0 Å². The quantitative estimate of drug-likeness (QED) is 0.622. The molecule has 2 atom stereocenters. The number of halogens is 2. The van der Waals surface area contributed by atoms with Gasteiger partial charge in [-0.3, -0.25) is 9.59 Å². The molecule has 9 heteroatoms. The van der Waals surface area contributed by atoms with Crippen molar-refractivity contribution in [2.24, 2.45) is 11.3 Å². The van der Waals surface area contributed by atoms with Gasteiger partial charge in [-0.25, -0.2) is 13.6 Å². The predicted molar refractivity (Wildman–Crippen MR) is 122 cm³/mol. The van der Waals surface area contributed by atoms with Crippen LogP contribution >= 0.6 is 0 Å². The molecule has 184 valence electrons. The van der Waals surface area contributed by atoms with Crippen LogP contribution in [0.15, 0.2) is 48.5 Å².